The second-order valence-corrected chi connectivity index (χ2v) is 6.20. The molecule has 23 heavy (non-hydrogen) atoms. The van der Waals surface area contributed by atoms with Gasteiger partial charge in [0.15, 0.2) is 11.6 Å². The van der Waals surface area contributed by atoms with Gasteiger partial charge in [-0.25, -0.2) is 4.79 Å². The Kier molecular flexibility index (Phi) is 4.79. The third kappa shape index (κ3) is 4.92. The molecule has 0 radical (unpaired) electrons. The number of hydrogen-bond donors (Lipinski definition) is 1. The van der Waals surface area contributed by atoms with E-state index in [0.717, 1.165) is 5.69 Å². The monoisotopic (exact) mass is 313 g/mol. The van der Waals surface area contributed by atoms with Gasteiger partial charge in [0.25, 0.3) is 0 Å². The van der Waals surface area contributed by atoms with Gasteiger partial charge in [-0.05, 0) is 63.3 Å². The largest absolute Gasteiger partial charge is 0.456 e. The van der Waals surface area contributed by atoms with Crippen LogP contribution in [0.1, 0.15) is 31.1 Å². The van der Waals surface area contributed by atoms with Gasteiger partial charge < -0.3 is 10.1 Å². The van der Waals surface area contributed by atoms with Gasteiger partial charge in [-0.2, -0.15) is 0 Å². The first kappa shape index (κ1) is 16.7. The molecule has 120 valence electrons. The standard InChI is InChI=1S/C18H19NO4/c1-18(2,3)23-17(22)12-4-6-14(7-5-12)19-11-13-10-15(20)8-9-16(13)21/h4-10,19H,11H2,1-3H3. The van der Waals surface area contributed by atoms with E-state index in [9.17, 15) is 14.4 Å². The van der Waals surface area contributed by atoms with Gasteiger partial charge in [-0.3, -0.25) is 9.59 Å². The first-order valence-corrected chi connectivity index (χ1v) is 7.29. The van der Waals surface area contributed by atoms with E-state index in [1.54, 1.807) is 24.3 Å². The Morgan fingerprint density at radius 3 is 2.35 bits per heavy atom. The maximum absolute atomic E-state index is 11.9. The molecule has 0 saturated carbocycles. The topological polar surface area (TPSA) is 72.5 Å². The highest BCUT2D eigenvalue weighted by molar-refractivity contribution is 6.17. The van der Waals surface area contributed by atoms with Gasteiger partial charge in [0.1, 0.15) is 5.60 Å². The van der Waals surface area contributed by atoms with Crippen LogP contribution < -0.4 is 5.32 Å². The van der Waals surface area contributed by atoms with Crippen LogP contribution in [-0.4, -0.2) is 29.7 Å². The molecule has 0 saturated heterocycles. The third-order valence-electron chi connectivity index (χ3n) is 3.03. The molecule has 5 heteroatoms. The first-order valence-electron chi connectivity index (χ1n) is 7.29. The Labute approximate surface area is 135 Å². The zero-order valence-corrected chi connectivity index (χ0v) is 13.4. The van der Waals surface area contributed by atoms with Crippen molar-refractivity contribution in [1.29, 1.82) is 0 Å². The Hall–Kier alpha value is -2.69. The normalized spacial score (nSPS) is 14.5. The third-order valence-corrected chi connectivity index (χ3v) is 3.03. The number of rotatable bonds is 4. The van der Waals surface area contributed by atoms with Crippen molar-refractivity contribution in [3.05, 3.63) is 53.6 Å². The molecule has 2 rings (SSSR count). The number of anilines is 1. The summed E-state index contributed by atoms with van der Waals surface area (Å²) >= 11 is 0. The summed E-state index contributed by atoms with van der Waals surface area (Å²) in [6.07, 6.45) is 3.84. The van der Waals surface area contributed by atoms with Crippen LogP contribution in [0.3, 0.4) is 0 Å². The van der Waals surface area contributed by atoms with Crippen molar-refractivity contribution in [2.75, 3.05) is 11.9 Å². The average molecular weight is 313 g/mol. The molecule has 0 fully saturated rings. The van der Waals surface area contributed by atoms with Crippen LogP contribution in [0.5, 0.6) is 0 Å². The van der Waals surface area contributed by atoms with E-state index in [4.69, 9.17) is 4.74 Å². The van der Waals surface area contributed by atoms with Gasteiger partial charge >= 0.3 is 5.97 Å². The van der Waals surface area contributed by atoms with Crippen LogP contribution in [0.25, 0.3) is 0 Å². The van der Waals surface area contributed by atoms with Gasteiger partial charge in [0, 0.05) is 17.8 Å². The van der Waals surface area contributed by atoms with Crippen molar-refractivity contribution in [2.24, 2.45) is 0 Å². The SMILES string of the molecule is CC(C)(C)OC(=O)c1ccc(NCC2=CC(=O)C=CC2=O)cc1. The molecule has 1 N–H and O–H groups in total. The quantitative estimate of drug-likeness (QED) is 0.683. The highest BCUT2D eigenvalue weighted by Gasteiger charge is 2.17. The van der Waals surface area contributed by atoms with E-state index in [0.29, 0.717) is 11.1 Å². The molecule has 0 atom stereocenters. The minimum atomic E-state index is -0.540. The van der Waals surface area contributed by atoms with Crippen LogP contribution in [0.4, 0.5) is 5.69 Å². The lowest BCUT2D eigenvalue weighted by Crippen LogP contribution is -2.23. The summed E-state index contributed by atoms with van der Waals surface area (Å²) in [5.41, 5.74) is 1.07. The Morgan fingerprint density at radius 1 is 1.09 bits per heavy atom. The number of ketones is 2. The zero-order valence-electron chi connectivity index (χ0n) is 13.4. The molecule has 1 aliphatic carbocycles. The van der Waals surface area contributed by atoms with E-state index in [1.165, 1.54) is 18.2 Å². The van der Waals surface area contributed by atoms with E-state index >= 15 is 0 Å². The van der Waals surface area contributed by atoms with Crippen molar-refractivity contribution in [1.82, 2.24) is 0 Å². The summed E-state index contributed by atoms with van der Waals surface area (Å²) in [5.74, 6) is -0.755. The minimum Gasteiger partial charge on any atom is -0.456 e. The van der Waals surface area contributed by atoms with Crippen molar-refractivity contribution < 1.29 is 19.1 Å². The van der Waals surface area contributed by atoms with Gasteiger partial charge in [-0.1, -0.05) is 0 Å². The van der Waals surface area contributed by atoms with E-state index < -0.39 is 5.60 Å². The fourth-order valence-electron chi connectivity index (χ4n) is 1.95. The lowest BCUT2D eigenvalue weighted by molar-refractivity contribution is -0.114. The van der Waals surface area contributed by atoms with Crippen LogP contribution in [-0.2, 0) is 14.3 Å². The van der Waals surface area contributed by atoms with Crippen molar-refractivity contribution in [3.63, 3.8) is 0 Å². The van der Waals surface area contributed by atoms with Crippen LogP contribution in [0.2, 0.25) is 0 Å². The molecule has 1 aromatic carbocycles. The van der Waals surface area contributed by atoms with E-state index in [-0.39, 0.29) is 24.1 Å². The highest BCUT2D eigenvalue weighted by Crippen LogP contribution is 2.15. The predicted molar refractivity (Wildman–Crippen MR) is 87.3 cm³/mol. The summed E-state index contributed by atoms with van der Waals surface area (Å²) in [5, 5.41) is 3.05. The van der Waals surface area contributed by atoms with Gasteiger partial charge in [0.2, 0.25) is 0 Å². The summed E-state index contributed by atoms with van der Waals surface area (Å²) < 4.78 is 5.29. The van der Waals surface area contributed by atoms with Gasteiger partial charge in [0.05, 0.1) is 5.56 Å². The molecule has 0 heterocycles. The lowest BCUT2D eigenvalue weighted by atomic mass is 10.0. The van der Waals surface area contributed by atoms with Gasteiger partial charge in [-0.15, -0.1) is 0 Å². The fraction of sp³-hybridized carbons (Fsp3) is 0.278. The second-order valence-electron chi connectivity index (χ2n) is 6.20. The Balaban J connectivity index is 1.97. The minimum absolute atomic E-state index is 0.178. The number of nitrogens with one attached hydrogen (secondary N) is 1. The maximum Gasteiger partial charge on any atom is 0.338 e. The maximum atomic E-state index is 11.9. The van der Waals surface area contributed by atoms with Crippen molar-refractivity contribution in [2.45, 2.75) is 26.4 Å². The summed E-state index contributed by atoms with van der Waals surface area (Å²) in [4.78, 5) is 34.8. The molecule has 0 spiro atoms. The predicted octanol–water partition coefficient (Wildman–Crippen LogP) is 2.69. The lowest BCUT2D eigenvalue weighted by Gasteiger charge is -2.19. The summed E-state index contributed by atoms with van der Waals surface area (Å²) in [7, 11) is 0. The van der Waals surface area contributed by atoms with E-state index in [1.807, 2.05) is 20.8 Å². The molecule has 1 aromatic rings. The van der Waals surface area contributed by atoms with Crippen molar-refractivity contribution >= 4 is 23.2 Å². The number of carbonyl (C=O) groups is 3. The molecular formula is C18H19NO4. The van der Waals surface area contributed by atoms with E-state index in [2.05, 4.69) is 5.32 Å². The molecular weight excluding hydrogens is 294 g/mol. The Morgan fingerprint density at radius 2 is 1.74 bits per heavy atom. The van der Waals surface area contributed by atoms with Crippen LogP contribution in [0.15, 0.2) is 48.1 Å². The highest BCUT2D eigenvalue weighted by atomic mass is 16.6. The number of ether oxygens (including phenoxy) is 1. The number of carbonyl (C=O) groups excluding carboxylic acids is 3. The Bertz CT molecular complexity index is 691. The number of hydrogen-bond acceptors (Lipinski definition) is 5. The zero-order chi connectivity index (χ0) is 17.0. The number of benzene rings is 1. The molecule has 0 amide bonds. The molecule has 0 aromatic heterocycles. The fourth-order valence-corrected chi connectivity index (χ4v) is 1.95. The van der Waals surface area contributed by atoms with Crippen molar-refractivity contribution in [3.8, 4) is 0 Å². The average Bonchev–Trinajstić information content (AvgIpc) is 2.47. The summed E-state index contributed by atoms with van der Waals surface area (Å²) in [6.45, 7) is 5.68. The first-order chi connectivity index (χ1) is 10.7. The summed E-state index contributed by atoms with van der Waals surface area (Å²) in [6, 6.07) is 6.76. The number of allylic oxidation sites excluding steroid dienone is 3. The van der Waals surface area contributed by atoms with Crippen LogP contribution in [0, 0.1) is 0 Å². The second kappa shape index (κ2) is 6.60. The molecule has 0 bridgehead atoms. The molecule has 0 aliphatic heterocycles. The number of esters is 1. The molecule has 5 nitrogen and oxygen atoms in total. The molecule has 0 unspecified atom stereocenters. The molecule has 1 aliphatic rings. The smallest absolute Gasteiger partial charge is 0.338 e. The van der Waals surface area contributed by atoms with Crippen LogP contribution >= 0.6 is 0 Å².